The maximum absolute atomic E-state index is 13.1. The largest absolute Gasteiger partial charge is 0.508 e. The van der Waals surface area contributed by atoms with Gasteiger partial charge in [0.05, 0.1) is 5.57 Å². The second-order valence-electron chi connectivity index (χ2n) is 8.36. The van der Waals surface area contributed by atoms with E-state index in [2.05, 4.69) is 26.1 Å². The fourth-order valence-corrected chi connectivity index (χ4v) is 4.65. The molecule has 1 atom stereocenters. The van der Waals surface area contributed by atoms with E-state index in [1.54, 1.807) is 30.0 Å². The summed E-state index contributed by atoms with van der Waals surface area (Å²) in [5.41, 5.74) is 3.23. The van der Waals surface area contributed by atoms with Crippen LogP contribution in [0, 0.1) is 5.41 Å². The van der Waals surface area contributed by atoms with Gasteiger partial charge >= 0.3 is 5.97 Å². The first-order valence-corrected chi connectivity index (χ1v) is 11.2. The third kappa shape index (κ3) is 4.69. The number of benzene rings is 1. The van der Waals surface area contributed by atoms with Gasteiger partial charge in [0.15, 0.2) is 5.78 Å². The fourth-order valence-electron chi connectivity index (χ4n) is 4.16. The normalized spacial score (nSPS) is 21.0. The van der Waals surface area contributed by atoms with Gasteiger partial charge in [0, 0.05) is 35.1 Å². The van der Waals surface area contributed by atoms with Crippen LogP contribution in [0.4, 0.5) is 0 Å². The zero-order valence-corrected chi connectivity index (χ0v) is 18.3. The van der Waals surface area contributed by atoms with Crippen molar-refractivity contribution in [2.75, 3.05) is 18.1 Å². The van der Waals surface area contributed by atoms with Gasteiger partial charge in [0.1, 0.15) is 12.4 Å². The molecule has 0 saturated carbocycles. The highest BCUT2D eigenvalue weighted by Crippen LogP contribution is 2.47. The summed E-state index contributed by atoms with van der Waals surface area (Å²) in [7, 11) is 0. The molecule has 1 aromatic carbocycles. The number of ether oxygens (including phenoxy) is 1. The van der Waals surface area contributed by atoms with Crippen molar-refractivity contribution < 1.29 is 19.4 Å². The Balaban J connectivity index is 2.03. The number of hydrogen-bond donors (Lipinski definition) is 2. The summed E-state index contributed by atoms with van der Waals surface area (Å²) in [4.78, 5) is 26.2. The number of nitrogens with one attached hydrogen (secondary N) is 1. The monoisotopic (exact) mass is 415 g/mol. The number of Topliss-reactive ketones (excluding diaryl/α,β-unsaturated/α-hetero) is 1. The molecular formula is C23H29NO4S. The van der Waals surface area contributed by atoms with Gasteiger partial charge < -0.3 is 15.2 Å². The van der Waals surface area contributed by atoms with Crippen molar-refractivity contribution in [1.82, 2.24) is 5.32 Å². The van der Waals surface area contributed by atoms with Crippen LogP contribution in [0.2, 0.25) is 0 Å². The summed E-state index contributed by atoms with van der Waals surface area (Å²) < 4.78 is 5.54. The highest BCUT2D eigenvalue weighted by atomic mass is 32.2. The predicted molar refractivity (Wildman–Crippen MR) is 116 cm³/mol. The second-order valence-corrected chi connectivity index (χ2v) is 9.75. The van der Waals surface area contributed by atoms with Crippen LogP contribution in [0.3, 0.4) is 0 Å². The van der Waals surface area contributed by atoms with Crippen LogP contribution in [-0.2, 0) is 14.3 Å². The van der Waals surface area contributed by atoms with Gasteiger partial charge in [-0.15, -0.1) is 0 Å². The van der Waals surface area contributed by atoms with Crippen LogP contribution in [0.1, 0.15) is 52.0 Å². The van der Waals surface area contributed by atoms with E-state index in [-0.39, 0.29) is 16.9 Å². The predicted octanol–water partition coefficient (Wildman–Crippen LogP) is 4.29. The van der Waals surface area contributed by atoms with E-state index in [4.69, 9.17) is 4.74 Å². The minimum atomic E-state index is -0.534. The van der Waals surface area contributed by atoms with Crippen molar-refractivity contribution in [3.8, 4) is 5.75 Å². The number of allylic oxidation sites excluding steroid dienone is 3. The smallest absolute Gasteiger partial charge is 0.336 e. The summed E-state index contributed by atoms with van der Waals surface area (Å²) in [6, 6.07) is 6.80. The molecule has 6 heteroatoms. The minimum absolute atomic E-state index is 0.0384. The topological polar surface area (TPSA) is 75.6 Å². The fraction of sp³-hybridized carbons (Fsp3) is 0.478. The van der Waals surface area contributed by atoms with Crippen LogP contribution in [-0.4, -0.2) is 35.0 Å². The number of esters is 1. The Hall–Kier alpha value is -2.21. The molecule has 1 aliphatic carbocycles. The van der Waals surface area contributed by atoms with Gasteiger partial charge in [0.25, 0.3) is 0 Å². The maximum Gasteiger partial charge on any atom is 0.336 e. The van der Waals surface area contributed by atoms with Gasteiger partial charge in [-0.3, -0.25) is 4.79 Å². The zero-order valence-electron chi connectivity index (χ0n) is 17.5. The molecule has 156 valence electrons. The Kier molecular flexibility index (Phi) is 6.42. The Morgan fingerprint density at radius 1 is 1.34 bits per heavy atom. The first-order chi connectivity index (χ1) is 13.7. The SMILES string of the molecule is CCSCCOC(=O)C1=C(C)NC2=C(C(=O)CC(C)(C)C2)C1c1cccc(O)c1. The lowest BCUT2D eigenvalue weighted by molar-refractivity contribution is -0.138. The number of thioether (sulfide) groups is 1. The molecule has 0 fully saturated rings. The third-order valence-corrected chi connectivity index (χ3v) is 6.19. The molecule has 0 bridgehead atoms. The van der Waals surface area contributed by atoms with Crippen molar-refractivity contribution in [2.45, 2.75) is 46.5 Å². The van der Waals surface area contributed by atoms with E-state index in [0.717, 1.165) is 29.2 Å². The number of aromatic hydroxyl groups is 1. The number of phenols is 1. The van der Waals surface area contributed by atoms with Crippen molar-refractivity contribution in [3.63, 3.8) is 0 Å². The van der Waals surface area contributed by atoms with E-state index in [0.29, 0.717) is 29.9 Å². The van der Waals surface area contributed by atoms with E-state index < -0.39 is 11.9 Å². The number of carbonyl (C=O) groups excluding carboxylic acids is 2. The van der Waals surface area contributed by atoms with E-state index in [9.17, 15) is 14.7 Å². The molecule has 0 saturated heterocycles. The highest BCUT2D eigenvalue weighted by molar-refractivity contribution is 7.99. The molecule has 2 N–H and O–H groups in total. The van der Waals surface area contributed by atoms with Crippen LogP contribution in [0.5, 0.6) is 5.75 Å². The molecular weight excluding hydrogens is 386 g/mol. The number of ketones is 1. The van der Waals surface area contributed by atoms with Crippen molar-refractivity contribution in [2.24, 2.45) is 5.41 Å². The van der Waals surface area contributed by atoms with Gasteiger partial charge in [-0.2, -0.15) is 11.8 Å². The quantitative estimate of drug-likeness (QED) is 0.533. The first-order valence-electron chi connectivity index (χ1n) is 10.0. The van der Waals surface area contributed by atoms with E-state index in [1.807, 2.05) is 13.0 Å². The lowest BCUT2D eigenvalue weighted by Crippen LogP contribution is -2.38. The Morgan fingerprint density at radius 2 is 2.10 bits per heavy atom. The van der Waals surface area contributed by atoms with Crippen LogP contribution >= 0.6 is 11.8 Å². The van der Waals surface area contributed by atoms with E-state index in [1.165, 1.54) is 0 Å². The van der Waals surface area contributed by atoms with Gasteiger partial charge in [-0.1, -0.05) is 32.9 Å². The standard InChI is InChI=1S/C23H29NO4S/c1-5-29-10-9-28-22(27)19-14(2)24-17-12-23(3,4)13-18(26)21(17)20(19)15-7-6-8-16(25)11-15/h6-8,11,20,24-25H,5,9-10,12-13H2,1-4H3. The molecule has 0 aromatic heterocycles. The Morgan fingerprint density at radius 3 is 2.79 bits per heavy atom. The first kappa shape index (κ1) is 21.5. The number of dihydropyridines is 1. The van der Waals surface area contributed by atoms with Crippen molar-refractivity contribution >= 4 is 23.5 Å². The maximum atomic E-state index is 13.1. The molecule has 0 amide bonds. The summed E-state index contributed by atoms with van der Waals surface area (Å²) in [6.07, 6.45) is 1.16. The van der Waals surface area contributed by atoms with Gasteiger partial charge in [-0.25, -0.2) is 4.79 Å². The zero-order chi connectivity index (χ0) is 21.2. The summed E-state index contributed by atoms with van der Waals surface area (Å²) in [6.45, 7) is 8.39. The number of carbonyl (C=O) groups is 2. The second kappa shape index (κ2) is 8.66. The molecule has 3 rings (SSSR count). The average molecular weight is 416 g/mol. The van der Waals surface area contributed by atoms with Crippen LogP contribution < -0.4 is 5.32 Å². The molecule has 1 heterocycles. The van der Waals surface area contributed by atoms with E-state index >= 15 is 0 Å². The summed E-state index contributed by atoms with van der Waals surface area (Å²) >= 11 is 1.71. The molecule has 2 aliphatic rings. The van der Waals surface area contributed by atoms with Crippen LogP contribution in [0.15, 0.2) is 46.8 Å². The number of rotatable bonds is 6. The highest BCUT2D eigenvalue weighted by Gasteiger charge is 2.43. The van der Waals surface area contributed by atoms with Gasteiger partial charge in [-0.05, 0) is 42.2 Å². The molecule has 1 aromatic rings. The summed E-state index contributed by atoms with van der Waals surface area (Å²) in [5, 5.41) is 13.3. The molecule has 5 nitrogen and oxygen atoms in total. The lowest BCUT2D eigenvalue weighted by Gasteiger charge is -2.39. The van der Waals surface area contributed by atoms with Crippen molar-refractivity contribution in [3.05, 3.63) is 52.4 Å². The number of phenolic OH excluding ortho intramolecular Hbond substituents is 1. The lowest BCUT2D eigenvalue weighted by atomic mass is 9.68. The van der Waals surface area contributed by atoms with Crippen molar-refractivity contribution in [1.29, 1.82) is 0 Å². The number of hydrogen-bond acceptors (Lipinski definition) is 6. The molecule has 1 aliphatic heterocycles. The Labute approximate surface area is 176 Å². The average Bonchev–Trinajstić information content (AvgIpc) is 2.63. The third-order valence-electron chi connectivity index (χ3n) is 5.33. The van der Waals surface area contributed by atoms with Gasteiger partial charge in [0.2, 0.25) is 0 Å². The summed E-state index contributed by atoms with van der Waals surface area (Å²) in [5.74, 6) is 0.901. The van der Waals surface area contributed by atoms with Crippen LogP contribution in [0.25, 0.3) is 0 Å². The minimum Gasteiger partial charge on any atom is -0.508 e. The molecule has 29 heavy (non-hydrogen) atoms. The molecule has 1 unspecified atom stereocenters. The Bertz CT molecular complexity index is 885. The molecule has 0 radical (unpaired) electrons. The molecule has 0 spiro atoms.